The summed E-state index contributed by atoms with van der Waals surface area (Å²) < 4.78 is 0. The lowest BCUT2D eigenvalue weighted by Crippen LogP contribution is -2.39. The van der Waals surface area contributed by atoms with Crippen molar-refractivity contribution in [3.8, 4) is 0 Å². The second-order valence-corrected chi connectivity index (χ2v) is 6.37. The maximum Gasteiger partial charge on any atom is 0.335 e. The lowest BCUT2D eigenvalue weighted by atomic mass is 9.87. The van der Waals surface area contributed by atoms with Crippen molar-refractivity contribution in [2.24, 2.45) is 0 Å². The first-order chi connectivity index (χ1) is 12.1. The number of hydrogen-bond donors (Lipinski definition) is 1. The predicted octanol–water partition coefficient (Wildman–Crippen LogP) is 3.58. The number of likely N-dealkylation sites (tertiary alicyclic amines) is 1. The largest absolute Gasteiger partial charge is 0.478 e. The summed E-state index contributed by atoms with van der Waals surface area (Å²) in [6.07, 6.45) is 4.24. The van der Waals surface area contributed by atoms with E-state index < -0.39 is 5.97 Å². The van der Waals surface area contributed by atoms with Gasteiger partial charge in [0.05, 0.1) is 5.56 Å². The van der Waals surface area contributed by atoms with Gasteiger partial charge in [0.2, 0.25) is 0 Å². The summed E-state index contributed by atoms with van der Waals surface area (Å²) in [4.78, 5) is 30.1. The smallest absolute Gasteiger partial charge is 0.335 e. The number of carbonyl (C=O) groups is 2. The molecule has 0 bridgehead atoms. The zero-order valence-corrected chi connectivity index (χ0v) is 14.3. The Bertz CT molecular complexity index is 761. The second-order valence-electron chi connectivity index (χ2n) is 6.37. The summed E-state index contributed by atoms with van der Waals surface area (Å²) in [5.41, 5.74) is 1.53. The molecule has 1 aromatic heterocycles. The molecule has 1 aliphatic rings. The normalized spacial score (nSPS) is 18.1. The monoisotopic (exact) mass is 338 g/mol. The number of carboxylic acids is 1. The third kappa shape index (κ3) is 3.55. The number of benzene rings is 1. The highest BCUT2D eigenvalue weighted by Crippen LogP contribution is 2.34. The third-order valence-corrected chi connectivity index (χ3v) is 4.92. The Morgan fingerprint density at radius 2 is 2.04 bits per heavy atom. The average Bonchev–Trinajstić information content (AvgIpc) is 3.12. The van der Waals surface area contributed by atoms with Gasteiger partial charge in [-0.25, -0.2) is 4.79 Å². The fourth-order valence-electron chi connectivity index (χ4n) is 3.72. The summed E-state index contributed by atoms with van der Waals surface area (Å²) in [6.45, 7) is 2.83. The van der Waals surface area contributed by atoms with E-state index in [-0.39, 0.29) is 29.1 Å². The average molecular weight is 338 g/mol. The number of aromatic carboxylic acids is 1. The molecule has 1 fully saturated rings. The molecule has 2 heterocycles. The van der Waals surface area contributed by atoms with Gasteiger partial charge in [0.25, 0.3) is 5.91 Å². The van der Waals surface area contributed by atoms with Crippen LogP contribution >= 0.6 is 0 Å². The SMILES string of the molecule is CCC(c1ccccc1)C1CCCN1C(=O)c1cc(C(=O)O)ccn1. The van der Waals surface area contributed by atoms with Crippen LogP contribution in [0.2, 0.25) is 0 Å². The highest BCUT2D eigenvalue weighted by Gasteiger charge is 2.35. The number of pyridine rings is 1. The van der Waals surface area contributed by atoms with E-state index in [1.165, 1.54) is 23.9 Å². The molecule has 130 valence electrons. The van der Waals surface area contributed by atoms with Crippen molar-refractivity contribution >= 4 is 11.9 Å². The Morgan fingerprint density at radius 3 is 2.72 bits per heavy atom. The number of amides is 1. The molecule has 2 unspecified atom stereocenters. The molecule has 0 saturated carbocycles. The van der Waals surface area contributed by atoms with Crippen molar-refractivity contribution in [1.82, 2.24) is 9.88 Å². The molecule has 1 aliphatic heterocycles. The van der Waals surface area contributed by atoms with Crippen molar-refractivity contribution in [2.45, 2.75) is 38.1 Å². The predicted molar refractivity (Wildman–Crippen MR) is 94.7 cm³/mol. The van der Waals surface area contributed by atoms with Crippen molar-refractivity contribution in [1.29, 1.82) is 0 Å². The summed E-state index contributed by atoms with van der Waals surface area (Å²) in [5.74, 6) is -0.958. The topological polar surface area (TPSA) is 70.5 Å². The van der Waals surface area contributed by atoms with Crippen LogP contribution in [0.3, 0.4) is 0 Å². The minimum absolute atomic E-state index is 0.0872. The summed E-state index contributed by atoms with van der Waals surface area (Å²) in [5, 5.41) is 9.13. The van der Waals surface area contributed by atoms with Crippen LogP contribution in [-0.4, -0.2) is 39.5 Å². The van der Waals surface area contributed by atoms with Crippen LogP contribution in [0.25, 0.3) is 0 Å². The third-order valence-electron chi connectivity index (χ3n) is 4.92. The zero-order chi connectivity index (χ0) is 17.8. The Morgan fingerprint density at radius 1 is 1.28 bits per heavy atom. The molecular formula is C20H22N2O3. The maximum atomic E-state index is 13.0. The number of hydrogen-bond acceptors (Lipinski definition) is 3. The first-order valence-electron chi connectivity index (χ1n) is 8.67. The van der Waals surface area contributed by atoms with E-state index in [1.54, 1.807) is 0 Å². The number of carboxylic acid groups (broad SMARTS) is 1. The molecule has 1 saturated heterocycles. The van der Waals surface area contributed by atoms with Gasteiger partial charge >= 0.3 is 5.97 Å². The summed E-state index contributed by atoms with van der Waals surface area (Å²) >= 11 is 0. The standard InChI is InChI=1S/C20H22N2O3/c1-2-16(14-7-4-3-5-8-14)18-9-6-12-22(18)19(23)17-13-15(20(24)25)10-11-21-17/h3-5,7-8,10-11,13,16,18H,2,6,9,12H2,1H3,(H,24,25). The summed E-state index contributed by atoms with van der Waals surface area (Å²) in [6, 6.07) is 13.2. The van der Waals surface area contributed by atoms with Gasteiger partial charge in [-0.15, -0.1) is 0 Å². The zero-order valence-electron chi connectivity index (χ0n) is 14.3. The van der Waals surface area contributed by atoms with Gasteiger partial charge in [0, 0.05) is 24.7 Å². The van der Waals surface area contributed by atoms with E-state index in [0.29, 0.717) is 6.54 Å². The van der Waals surface area contributed by atoms with Crippen LogP contribution < -0.4 is 0 Å². The highest BCUT2D eigenvalue weighted by molar-refractivity contribution is 5.96. The van der Waals surface area contributed by atoms with E-state index in [2.05, 4.69) is 24.0 Å². The van der Waals surface area contributed by atoms with Gasteiger partial charge in [0.15, 0.2) is 0 Å². The van der Waals surface area contributed by atoms with E-state index in [9.17, 15) is 9.59 Å². The van der Waals surface area contributed by atoms with Crippen LogP contribution in [0.15, 0.2) is 48.7 Å². The minimum Gasteiger partial charge on any atom is -0.478 e. The number of rotatable bonds is 5. The second kappa shape index (κ2) is 7.47. The molecular weight excluding hydrogens is 316 g/mol. The molecule has 3 rings (SSSR count). The van der Waals surface area contributed by atoms with Crippen LogP contribution in [-0.2, 0) is 0 Å². The molecule has 5 nitrogen and oxygen atoms in total. The van der Waals surface area contributed by atoms with Crippen LogP contribution in [0.4, 0.5) is 0 Å². The van der Waals surface area contributed by atoms with Crippen molar-refractivity contribution in [3.05, 3.63) is 65.5 Å². The summed E-state index contributed by atoms with van der Waals surface area (Å²) in [7, 11) is 0. The van der Waals surface area contributed by atoms with E-state index in [4.69, 9.17) is 5.11 Å². The van der Waals surface area contributed by atoms with Gasteiger partial charge in [-0.3, -0.25) is 9.78 Å². The Labute approximate surface area is 147 Å². The first kappa shape index (κ1) is 17.1. The van der Waals surface area contributed by atoms with Gasteiger partial charge in [-0.05, 0) is 37.0 Å². The fourth-order valence-corrected chi connectivity index (χ4v) is 3.72. The maximum absolute atomic E-state index is 13.0. The van der Waals surface area contributed by atoms with E-state index in [1.807, 2.05) is 23.1 Å². The lowest BCUT2D eigenvalue weighted by molar-refractivity contribution is 0.0696. The highest BCUT2D eigenvalue weighted by atomic mass is 16.4. The minimum atomic E-state index is -1.05. The van der Waals surface area contributed by atoms with Gasteiger partial charge in [-0.2, -0.15) is 0 Å². The number of carbonyl (C=O) groups excluding carboxylic acids is 1. The molecule has 5 heteroatoms. The van der Waals surface area contributed by atoms with Crippen LogP contribution in [0.5, 0.6) is 0 Å². The first-order valence-corrected chi connectivity index (χ1v) is 8.67. The van der Waals surface area contributed by atoms with Crippen LogP contribution in [0, 0.1) is 0 Å². The van der Waals surface area contributed by atoms with Gasteiger partial charge < -0.3 is 10.0 Å². The molecule has 0 spiro atoms. The van der Waals surface area contributed by atoms with E-state index >= 15 is 0 Å². The van der Waals surface area contributed by atoms with Crippen molar-refractivity contribution in [2.75, 3.05) is 6.54 Å². The Hall–Kier alpha value is -2.69. The molecule has 1 N–H and O–H groups in total. The molecule has 25 heavy (non-hydrogen) atoms. The molecule has 1 amide bonds. The number of aromatic nitrogens is 1. The fraction of sp³-hybridized carbons (Fsp3) is 0.350. The van der Waals surface area contributed by atoms with Gasteiger partial charge in [0.1, 0.15) is 5.69 Å². The molecule has 2 aromatic rings. The van der Waals surface area contributed by atoms with Crippen molar-refractivity contribution < 1.29 is 14.7 Å². The van der Waals surface area contributed by atoms with Crippen LogP contribution in [0.1, 0.15) is 58.5 Å². The molecule has 0 radical (unpaired) electrons. The van der Waals surface area contributed by atoms with E-state index in [0.717, 1.165) is 19.3 Å². The van der Waals surface area contributed by atoms with Gasteiger partial charge in [-0.1, -0.05) is 37.3 Å². The molecule has 1 aromatic carbocycles. The number of nitrogens with zero attached hydrogens (tertiary/aromatic N) is 2. The molecule has 2 atom stereocenters. The van der Waals surface area contributed by atoms with Crippen molar-refractivity contribution in [3.63, 3.8) is 0 Å². The quantitative estimate of drug-likeness (QED) is 0.904. The Kier molecular flexibility index (Phi) is 5.12. The molecule has 0 aliphatic carbocycles. The Balaban J connectivity index is 1.87. The lowest BCUT2D eigenvalue weighted by Gasteiger charge is -2.31.